The molecule has 2 heterocycles. The van der Waals surface area contributed by atoms with E-state index in [0.717, 1.165) is 27.6 Å². The number of hydrogen-bond acceptors (Lipinski definition) is 7. The number of ether oxygens (including phenoxy) is 2. The number of methoxy groups -OCH3 is 1. The molecule has 1 fully saturated rings. The maximum Gasteiger partial charge on any atom is 0.326 e. The van der Waals surface area contributed by atoms with Gasteiger partial charge in [-0.15, -0.1) is 0 Å². The van der Waals surface area contributed by atoms with Crippen LogP contribution in [0.2, 0.25) is 0 Å². The van der Waals surface area contributed by atoms with Crippen molar-refractivity contribution in [1.82, 2.24) is 9.47 Å². The van der Waals surface area contributed by atoms with E-state index in [1.54, 1.807) is 37.6 Å². The molecule has 0 aliphatic carbocycles. The average Bonchev–Trinajstić information content (AvgIpc) is 3.13. The summed E-state index contributed by atoms with van der Waals surface area (Å²) in [6, 6.07) is 7.40. The molecule has 158 valence electrons. The van der Waals surface area contributed by atoms with Gasteiger partial charge in [0.1, 0.15) is 18.7 Å². The van der Waals surface area contributed by atoms with E-state index in [9.17, 15) is 19.2 Å². The number of carbonyl (C=O) groups excluding carboxylic acids is 4. The van der Waals surface area contributed by atoms with Crippen LogP contribution in [0.3, 0.4) is 0 Å². The number of rotatable bonds is 5. The largest absolute Gasteiger partial charge is 0.468 e. The van der Waals surface area contributed by atoms with Gasteiger partial charge in [0.05, 0.1) is 12.0 Å². The third-order valence-corrected chi connectivity index (χ3v) is 5.12. The van der Waals surface area contributed by atoms with Gasteiger partial charge in [0.2, 0.25) is 0 Å². The highest BCUT2D eigenvalue weighted by Gasteiger charge is 2.37. The summed E-state index contributed by atoms with van der Waals surface area (Å²) in [5.41, 5.74) is 0.760. The van der Waals surface area contributed by atoms with Crippen molar-refractivity contribution in [2.24, 2.45) is 0 Å². The third kappa shape index (κ3) is 4.73. The van der Waals surface area contributed by atoms with Gasteiger partial charge in [-0.2, -0.15) is 0 Å². The number of imide groups is 1. The molecule has 30 heavy (non-hydrogen) atoms. The first-order valence-corrected chi connectivity index (χ1v) is 10.0. The van der Waals surface area contributed by atoms with Gasteiger partial charge in [-0.05, 0) is 44.7 Å². The summed E-state index contributed by atoms with van der Waals surface area (Å²) < 4.78 is 11.7. The molecule has 1 aromatic heterocycles. The smallest absolute Gasteiger partial charge is 0.326 e. The van der Waals surface area contributed by atoms with Crippen molar-refractivity contribution >= 4 is 51.8 Å². The zero-order valence-corrected chi connectivity index (χ0v) is 17.9. The molecule has 0 radical (unpaired) electrons. The van der Waals surface area contributed by atoms with Crippen LogP contribution in [0.25, 0.3) is 17.0 Å². The number of fused-ring (bicyclic) bond motifs is 1. The molecule has 2 amide bonds. The van der Waals surface area contributed by atoms with E-state index in [1.165, 1.54) is 7.11 Å². The summed E-state index contributed by atoms with van der Waals surface area (Å²) in [6.07, 6.45) is 3.32. The van der Waals surface area contributed by atoms with Crippen LogP contribution in [0.4, 0.5) is 4.79 Å². The van der Waals surface area contributed by atoms with Gasteiger partial charge in [0, 0.05) is 22.7 Å². The standard InChI is InChI=1S/C21H22N2O6S/c1-21(2,3)29-18(25)12-23-19(26)16(30-20(23)27)9-13-10-22(11-17(24)28-4)15-8-6-5-7-14(13)15/h5-10H,11-12H2,1-4H3/b16-9-. The molecule has 1 aromatic carbocycles. The van der Waals surface area contributed by atoms with E-state index in [4.69, 9.17) is 9.47 Å². The SMILES string of the molecule is COC(=O)Cn1cc(/C=C2\SC(=O)N(CC(=O)OC(C)(C)C)C2=O)c2ccccc21. The number of thioether (sulfide) groups is 1. The van der Waals surface area contributed by atoms with Crippen molar-refractivity contribution in [3.8, 4) is 0 Å². The molecule has 0 spiro atoms. The summed E-state index contributed by atoms with van der Waals surface area (Å²) in [5.74, 6) is -1.61. The summed E-state index contributed by atoms with van der Waals surface area (Å²) in [7, 11) is 1.32. The Kier molecular flexibility index (Phi) is 6.02. The zero-order chi connectivity index (χ0) is 22.1. The first kappa shape index (κ1) is 21.6. The molecule has 2 aromatic rings. The predicted molar refractivity (Wildman–Crippen MR) is 112 cm³/mol. The molecule has 1 aliphatic heterocycles. The Morgan fingerprint density at radius 2 is 1.80 bits per heavy atom. The Balaban J connectivity index is 1.88. The highest BCUT2D eigenvalue weighted by molar-refractivity contribution is 8.18. The quantitative estimate of drug-likeness (QED) is 0.531. The lowest BCUT2D eigenvalue weighted by Gasteiger charge is -2.21. The van der Waals surface area contributed by atoms with Crippen LogP contribution >= 0.6 is 11.8 Å². The van der Waals surface area contributed by atoms with Crippen LogP contribution in [-0.4, -0.2) is 51.8 Å². The van der Waals surface area contributed by atoms with Crippen LogP contribution < -0.4 is 0 Å². The van der Waals surface area contributed by atoms with Crippen molar-refractivity contribution in [3.05, 3.63) is 40.9 Å². The molecule has 3 rings (SSSR count). The third-order valence-electron chi connectivity index (χ3n) is 4.21. The zero-order valence-electron chi connectivity index (χ0n) is 17.1. The van der Waals surface area contributed by atoms with E-state index in [2.05, 4.69) is 0 Å². The number of aromatic nitrogens is 1. The Bertz CT molecular complexity index is 1060. The van der Waals surface area contributed by atoms with E-state index in [0.29, 0.717) is 5.56 Å². The van der Waals surface area contributed by atoms with E-state index < -0.39 is 35.2 Å². The van der Waals surface area contributed by atoms with Crippen LogP contribution in [0.1, 0.15) is 26.3 Å². The number of esters is 2. The second kappa shape index (κ2) is 8.35. The number of hydrogen-bond donors (Lipinski definition) is 0. The number of amides is 2. The molecule has 0 atom stereocenters. The molecular weight excluding hydrogens is 408 g/mol. The molecule has 8 nitrogen and oxygen atoms in total. The molecule has 1 aliphatic rings. The molecule has 9 heteroatoms. The molecule has 1 saturated heterocycles. The average molecular weight is 430 g/mol. The van der Waals surface area contributed by atoms with Crippen LogP contribution in [0.15, 0.2) is 35.4 Å². The molecule has 0 unspecified atom stereocenters. The maximum atomic E-state index is 12.7. The van der Waals surface area contributed by atoms with E-state index >= 15 is 0 Å². The van der Waals surface area contributed by atoms with Crippen LogP contribution in [0, 0.1) is 0 Å². The summed E-state index contributed by atoms with van der Waals surface area (Å²) >= 11 is 0.763. The lowest BCUT2D eigenvalue weighted by molar-refractivity contribution is -0.156. The Hall–Kier alpha value is -3.07. The van der Waals surface area contributed by atoms with Gasteiger partial charge in [-0.3, -0.25) is 24.1 Å². The van der Waals surface area contributed by atoms with Crippen LogP contribution in [0.5, 0.6) is 0 Å². The number of benzene rings is 1. The maximum absolute atomic E-state index is 12.7. The summed E-state index contributed by atoms with van der Waals surface area (Å²) in [4.78, 5) is 49.8. The molecular formula is C21H22N2O6S. The predicted octanol–water partition coefficient (Wildman–Crippen LogP) is 3.19. The lowest BCUT2D eigenvalue weighted by Crippen LogP contribution is -2.37. The second-order valence-electron chi connectivity index (χ2n) is 7.66. The second-order valence-corrected chi connectivity index (χ2v) is 8.65. The summed E-state index contributed by atoms with van der Waals surface area (Å²) in [6.45, 7) is 4.71. The normalized spacial score (nSPS) is 15.9. The van der Waals surface area contributed by atoms with Gasteiger partial charge in [0.25, 0.3) is 11.1 Å². The fourth-order valence-corrected chi connectivity index (χ4v) is 3.83. The first-order chi connectivity index (χ1) is 14.1. The van der Waals surface area contributed by atoms with Crippen molar-refractivity contribution in [3.63, 3.8) is 0 Å². The highest BCUT2D eigenvalue weighted by Crippen LogP contribution is 2.34. The van der Waals surface area contributed by atoms with Crippen molar-refractivity contribution in [1.29, 1.82) is 0 Å². The Morgan fingerprint density at radius 3 is 2.47 bits per heavy atom. The monoisotopic (exact) mass is 430 g/mol. The minimum Gasteiger partial charge on any atom is -0.468 e. The van der Waals surface area contributed by atoms with Crippen molar-refractivity contribution in [2.75, 3.05) is 13.7 Å². The number of para-hydroxylation sites is 1. The van der Waals surface area contributed by atoms with Gasteiger partial charge < -0.3 is 14.0 Å². The van der Waals surface area contributed by atoms with Crippen molar-refractivity contribution < 1.29 is 28.7 Å². The Labute approximate surface area is 177 Å². The molecule has 0 bridgehead atoms. The number of nitrogens with zero attached hydrogens (tertiary/aromatic N) is 2. The topological polar surface area (TPSA) is 94.9 Å². The minimum atomic E-state index is -0.712. The fraction of sp³-hybridized carbons (Fsp3) is 0.333. The van der Waals surface area contributed by atoms with Gasteiger partial charge in [-0.25, -0.2) is 0 Å². The fourth-order valence-electron chi connectivity index (χ4n) is 3.01. The summed E-state index contributed by atoms with van der Waals surface area (Å²) in [5, 5.41) is 0.288. The van der Waals surface area contributed by atoms with E-state index in [1.807, 2.05) is 24.3 Å². The lowest BCUT2D eigenvalue weighted by atomic mass is 10.1. The van der Waals surface area contributed by atoms with Gasteiger partial charge >= 0.3 is 11.9 Å². The molecule has 0 N–H and O–H groups in total. The highest BCUT2D eigenvalue weighted by atomic mass is 32.2. The Morgan fingerprint density at radius 1 is 1.10 bits per heavy atom. The number of carbonyl (C=O) groups is 4. The van der Waals surface area contributed by atoms with Gasteiger partial charge in [-0.1, -0.05) is 18.2 Å². The van der Waals surface area contributed by atoms with Gasteiger partial charge in [0.15, 0.2) is 0 Å². The van der Waals surface area contributed by atoms with Crippen molar-refractivity contribution in [2.45, 2.75) is 32.9 Å². The first-order valence-electron chi connectivity index (χ1n) is 9.21. The minimum absolute atomic E-state index is 0.0188. The molecule has 0 saturated carbocycles. The van der Waals surface area contributed by atoms with E-state index in [-0.39, 0.29) is 11.4 Å². The van der Waals surface area contributed by atoms with Crippen LogP contribution in [-0.2, 0) is 30.4 Å².